The molecule has 0 bridgehead atoms. The molecule has 0 saturated carbocycles. The fraction of sp³-hybridized carbons (Fsp3) is 0.0417. The number of hydrogen-bond donors (Lipinski definition) is 0. The Bertz CT molecular complexity index is 1220. The maximum Gasteiger partial charge on any atom is 0.196 e. The van der Waals surface area contributed by atoms with Crippen LogP contribution in [0.2, 0.25) is 0 Å². The molecule has 0 N–H and O–H groups in total. The van der Waals surface area contributed by atoms with Crippen LogP contribution < -0.4 is 4.74 Å². The highest BCUT2D eigenvalue weighted by Crippen LogP contribution is 2.39. The van der Waals surface area contributed by atoms with Crippen molar-refractivity contribution < 1.29 is 9.53 Å². The number of rotatable bonds is 2. The van der Waals surface area contributed by atoms with Gasteiger partial charge in [-0.05, 0) is 35.9 Å². The van der Waals surface area contributed by atoms with E-state index in [0.717, 1.165) is 16.6 Å². The number of Topliss-reactive ketones (excluding diaryl/α,β-unsaturated/α-hetero) is 1. The highest BCUT2D eigenvalue weighted by atomic mass is 16.5. The lowest BCUT2D eigenvalue weighted by molar-refractivity contribution is 0.0963. The number of fused-ring (bicyclic) bond motifs is 2. The van der Waals surface area contributed by atoms with Crippen LogP contribution in [-0.4, -0.2) is 15.8 Å². The molecule has 0 saturated heterocycles. The normalized spacial score (nSPS) is 17.4. The van der Waals surface area contributed by atoms with Gasteiger partial charge in [-0.2, -0.15) is 0 Å². The number of benzene rings is 3. The Balaban J connectivity index is 1.66. The quantitative estimate of drug-likeness (QED) is 0.468. The lowest BCUT2D eigenvalue weighted by Gasteiger charge is -2.28. The number of hydrogen-bond acceptors (Lipinski definition) is 4. The largest absolute Gasteiger partial charge is 0.480 e. The van der Waals surface area contributed by atoms with Crippen molar-refractivity contribution in [2.45, 2.75) is 6.10 Å². The van der Waals surface area contributed by atoms with Crippen molar-refractivity contribution in [1.82, 2.24) is 9.97 Å². The molecule has 4 nitrogen and oxygen atoms in total. The van der Waals surface area contributed by atoms with Gasteiger partial charge in [0.15, 0.2) is 11.9 Å². The van der Waals surface area contributed by atoms with Gasteiger partial charge in [0.1, 0.15) is 5.75 Å². The number of ketones is 1. The summed E-state index contributed by atoms with van der Waals surface area (Å²) >= 11 is 0. The Morgan fingerprint density at radius 1 is 0.821 bits per heavy atom. The predicted octanol–water partition coefficient (Wildman–Crippen LogP) is 5.03. The van der Waals surface area contributed by atoms with E-state index in [9.17, 15) is 4.79 Å². The molecule has 0 unspecified atom stereocenters. The van der Waals surface area contributed by atoms with Gasteiger partial charge in [-0.1, -0.05) is 54.6 Å². The second-order valence-corrected chi connectivity index (χ2v) is 6.62. The molecule has 1 aromatic heterocycles. The van der Waals surface area contributed by atoms with Crippen molar-refractivity contribution >= 4 is 22.9 Å². The maximum absolute atomic E-state index is 13.3. The van der Waals surface area contributed by atoms with E-state index in [1.807, 2.05) is 72.8 Å². The molecule has 0 spiro atoms. The molecule has 2 heterocycles. The van der Waals surface area contributed by atoms with Gasteiger partial charge in [0.25, 0.3) is 0 Å². The average molecular weight is 364 g/mol. The monoisotopic (exact) mass is 364 g/mol. The van der Waals surface area contributed by atoms with Crippen LogP contribution in [0, 0.1) is 0 Å². The average Bonchev–Trinajstić information content (AvgIpc) is 2.76. The Morgan fingerprint density at radius 2 is 1.54 bits per heavy atom. The SMILES string of the molecule is O=C1/C(=C/c2cnc3ccccc3n2)[C@H](c2ccccc2)Oc2ccccc21. The summed E-state index contributed by atoms with van der Waals surface area (Å²) in [6, 6.07) is 24.8. The van der Waals surface area contributed by atoms with Crippen molar-refractivity contribution in [3.63, 3.8) is 0 Å². The molecule has 134 valence electrons. The van der Waals surface area contributed by atoms with E-state index in [4.69, 9.17) is 4.74 Å². The first-order valence-electron chi connectivity index (χ1n) is 9.08. The molecular formula is C24H16N2O2. The maximum atomic E-state index is 13.3. The molecule has 0 aliphatic carbocycles. The van der Waals surface area contributed by atoms with Crippen molar-refractivity contribution in [2.24, 2.45) is 0 Å². The third-order valence-electron chi connectivity index (χ3n) is 4.79. The minimum Gasteiger partial charge on any atom is -0.480 e. The summed E-state index contributed by atoms with van der Waals surface area (Å²) in [4.78, 5) is 22.4. The highest BCUT2D eigenvalue weighted by Gasteiger charge is 2.32. The topological polar surface area (TPSA) is 52.1 Å². The molecule has 5 rings (SSSR count). The van der Waals surface area contributed by atoms with Gasteiger partial charge in [0, 0.05) is 5.57 Å². The predicted molar refractivity (Wildman–Crippen MR) is 108 cm³/mol. The van der Waals surface area contributed by atoms with Gasteiger partial charge in [0.2, 0.25) is 0 Å². The molecule has 0 amide bonds. The first-order valence-corrected chi connectivity index (χ1v) is 9.08. The fourth-order valence-corrected chi connectivity index (χ4v) is 3.44. The number of carbonyl (C=O) groups excluding carboxylic acids is 1. The van der Waals surface area contributed by atoms with E-state index >= 15 is 0 Å². The lowest BCUT2D eigenvalue weighted by atomic mass is 9.90. The number of ether oxygens (including phenoxy) is 1. The van der Waals surface area contributed by atoms with Crippen LogP contribution in [0.3, 0.4) is 0 Å². The third kappa shape index (κ3) is 2.85. The van der Waals surface area contributed by atoms with E-state index in [1.165, 1.54) is 0 Å². The number of para-hydroxylation sites is 3. The molecule has 4 heteroatoms. The fourth-order valence-electron chi connectivity index (χ4n) is 3.44. The molecule has 1 aliphatic rings. The van der Waals surface area contributed by atoms with Crippen LogP contribution in [0.15, 0.2) is 90.6 Å². The first-order chi connectivity index (χ1) is 13.8. The Hall–Kier alpha value is -3.79. The molecule has 1 atom stereocenters. The molecule has 0 fully saturated rings. The minimum atomic E-state index is -0.489. The lowest BCUT2D eigenvalue weighted by Crippen LogP contribution is -2.23. The first kappa shape index (κ1) is 16.4. The Morgan fingerprint density at radius 3 is 2.39 bits per heavy atom. The van der Waals surface area contributed by atoms with E-state index in [0.29, 0.717) is 22.6 Å². The van der Waals surface area contributed by atoms with Gasteiger partial charge >= 0.3 is 0 Å². The van der Waals surface area contributed by atoms with Crippen LogP contribution in [0.4, 0.5) is 0 Å². The zero-order valence-electron chi connectivity index (χ0n) is 14.9. The second-order valence-electron chi connectivity index (χ2n) is 6.62. The zero-order valence-corrected chi connectivity index (χ0v) is 14.9. The van der Waals surface area contributed by atoms with E-state index in [1.54, 1.807) is 18.3 Å². The van der Waals surface area contributed by atoms with Crippen molar-refractivity contribution in [3.05, 3.63) is 107 Å². The van der Waals surface area contributed by atoms with E-state index < -0.39 is 6.10 Å². The van der Waals surface area contributed by atoms with E-state index in [-0.39, 0.29) is 5.78 Å². The molecule has 0 radical (unpaired) electrons. The summed E-state index contributed by atoms with van der Waals surface area (Å²) in [6.45, 7) is 0. The van der Waals surface area contributed by atoms with Gasteiger partial charge in [-0.15, -0.1) is 0 Å². The number of carbonyl (C=O) groups is 1. The van der Waals surface area contributed by atoms with E-state index in [2.05, 4.69) is 9.97 Å². The second kappa shape index (κ2) is 6.74. The number of nitrogens with zero attached hydrogens (tertiary/aromatic N) is 2. The van der Waals surface area contributed by atoms with Gasteiger partial charge in [-0.3, -0.25) is 9.78 Å². The molecule has 1 aliphatic heterocycles. The summed E-state index contributed by atoms with van der Waals surface area (Å²) in [7, 11) is 0. The van der Waals surface area contributed by atoms with Gasteiger partial charge in [0.05, 0.1) is 28.5 Å². The van der Waals surface area contributed by atoms with Crippen molar-refractivity contribution in [3.8, 4) is 5.75 Å². The summed E-state index contributed by atoms with van der Waals surface area (Å²) in [5.74, 6) is 0.550. The third-order valence-corrected chi connectivity index (χ3v) is 4.79. The van der Waals surface area contributed by atoms with Crippen LogP contribution in [0.1, 0.15) is 27.7 Å². The molecule has 28 heavy (non-hydrogen) atoms. The highest BCUT2D eigenvalue weighted by molar-refractivity contribution is 6.14. The summed E-state index contributed by atoms with van der Waals surface area (Å²) in [5.41, 5.74) is 4.28. The molecular weight excluding hydrogens is 348 g/mol. The van der Waals surface area contributed by atoms with Gasteiger partial charge < -0.3 is 4.74 Å². The summed E-state index contributed by atoms with van der Waals surface area (Å²) in [5, 5.41) is 0. The number of aromatic nitrogens is 2. The van der Waals surface area contributed by atoms with Crippen LogP contribution in [-0.2, 0) is 0 Å². The zero-order chi connectivity index (χ0) is 18.9. The van der Waals surface area contributed by atoms with Crippen LogP contribution in [0.5, 0.6) is 5.75 Å². The summed E-state index contributed by atoms with van der Waals surface area (Å²) in [6.07, 6.45) is 2.98. The molecule has 3 aromatic carbocycles. The Labute approximate surface area is 162 Å². The standard InChI is InChI=1S/C24H16N2O2/c27-23-18-10-4-7-13-22(18)28-24(16-8-2-1-3-9-16)19(23)14-17-15-25-20-11-5-6-12-21(20)26-17/h1-15,24H/b19-14-/t24-/m0/s1. The molecule has 4 aromatic rings. The smallest absolute Gasteiger partial charge is 0.196 e. The van der Waals surface area contributed by atoms with Gasteiger partial charge in [-0.25, -0.2) is 4.98 Å². The van der Waals surface area contributed by atoms with Crippen molar-refractivity contribution in [2.75, 3.05) is 0 Å². The van der Waals surface area contributed by atoms with Crippen molar-refractivity contribution in [1.29, 1.82) is 0 Å². The van der Waals surface area contributed by atoms with Crippen LogP contribution >= 0.6 is 0 Å². The minimum absolute atomic E-state index is 0.0503. The Kier molecular flexibility index (Phi) is 3.95. The van der Waals surface area contributed by atoms with Crippen LogP contribution in [0.25, 0.3) is 17.1 Å². The summed E-state index contributed by atoms with van der Waals surface area (Å²) < 4.78 is 6.22.